The second kappa shape index (κ2) is 5.97. The third-order valence-corrected chi connectivity index (χ3v) is 3.50. The van der Waals surface area contributed by atoms with Gasteiger partial charge >= 0.3 is 5.97 Å². The van der Waals surface area contributed by atoms with Crippen LogP contribution in [0, 0.1) is 5.92 Å². The van der Waals surface area contributed by atoms with Crippen molar-refractivity contribution in [2.24, 2.45) is 5.92 Å². The van der Waals surface area contributed by atoms with Crippen LogP contribution in [0.25, 0.3) is 0 Å². The Morgan fingerprint density at radius 3 is 2.73 bits per heavy atom. The minimum Gasteiger partial charge on any atom is -0.480 e. The maximum Gasteiger partial charge on any atom is 0.326 e. The van der Waals surface area contributed by atoms with Gasteiger partial charge in [-0.2, -0.15) is 11.8 Å². The zero-order valence-corrected chi connectivity index (χ0v) is 9.13. The summed E-state index contributed by atoms with van der Waals surface area (Å²) in [4.78, 5) is 22.3. The molecule has 0 spiro atoms. The fraction of sp³-hybridized carbons (Fsp3) is 0.778. The van der Waals surface area contributed by atoms with Crippen molar-refractivity contribution in [3.05, 3.63) is 0 Å². The van der Waals surface area contributed by atoms with E-state index in [2.05, 4.69) is 5.32 Å². The van der Waals surface area contributed by atoms with Gasteiger partial charge < -0.3 is 15.5 Å². The van der Waals surface area contributed by atoms with Gasteiger partial charge in [0.05, 0.1) is 0 Å². The number of hydrogen-bond acceptors (Lipinski definition) is 4. The van der Waals surface area contributed by atoms with E-state index in [0.29, 0.717) is 0 Å². The van der Waals surface area contributed by atoms with Crippen LogP contribution in [-0.2, 0) is 9.59 Å². The summed E-state index contributed by atoms with van der Waals surface area (Å²) in [6, 6.07) is -0.965. The molecule has 1 rings (SSSR count). The molecular weight excluding hydrogens is 218 g/mol. The van der Waals surface area contributed by atoms with Crippen molar-refractivity contribution in [2.45, 2.75) is 18.9 Å². The Morgan fingerprint density at radius 2 is 2.27 bits per heavy atom. The summed E-state index contributed by atoms with van der Waals surface area (Å²) in [5, 5.41) is 19.9. The number of carboxylic acid groups (broad SMARTS) is 1. The van der Waals surface area contributed by atoms with E-state index in [1.807, 2.05) is 0 Å². The van der Waals surface area contributed by atoms with Crippen molar-refractivity contribution >= 4 is 23.6 Å². The minimum absolute atomic E-state index is 0.0565. The topological polar surface area (TPSA) is 86.6 Å². The highest BCUT2D eigenvalue weighted by Crippen LogP contribution is 2.23. The standard InChI is InChI=1S/C9H15NO4S/c11-3-1-7(9(13)14)10-8(12)6-2-4-15-5-6/h6-7,11H,1-5H2,(H,10,12)(H,13,14)/t6?,7-/m1/s1. The third kappa shape index (κ3) is 3.71. The van der Waals surface area contributed by atoms with Gasteiger partial charge in [-0.3, -0.25) is 4.79 Å². The molecule has 2 atom stereocenters. The van der Waals surface area contributed by atoms with Crippen LogP contribution < -0.4 is 5.32 Å². The number of carboxylic acids is 1. The van der Waals surface area contributed by atoms with Gasteiger partial charge in [0.2, 0.25) is 5.91 Å². The van der Waals surface area contributed by atoms with Crippen molar-refractivity contribution in [3.8, 4) is 0 Å². The van der Waals surface area contributed by atoms with Crippen LogP contribution in [0.5, 0.6) is 0 Å². The molecular formula is C9H15NO4S. The molecule has 0 aromatic carbocycles. The van der Waals surface area contributed by atoms with Crippen molar-refractivity contribution in [1.82, 2.24) is 5.32 Å². The predicted molar refractivity (Wildman–Crippen MR) is 56.7 cm³/mol. The summed E-state index contributed by atoms with van der Waals surface area (Å²) < 4.78 is 0. The molecule has 0 aromatic rings. The average molecular weight is 233 g/mol. The smallest absolute Gasteiger partial charge is 0.326 e. The van der Waals surface area contributed by atoms with E-state index in [4.69, 9.17) is 10.2 Å². The van der Waals surface area contributed by atoms with Gasteiger partial charge in [0.1, 0.15) is 6.04 Å². The number of carbonyl (C=O) groups excluding carboxylic acids is 1. The summed E-state index contributed by atoms with van der Waals surface area (Å²) >= 11 is 1.70. The van der Waals surface area contributed by atoms with Crippen LogP contribution in [0.15, 0.2) is 0 Å². The SMILES string of the molecule is O=C(N[C@H](CCO)C(=O)O)C1CCSC1. The van der Waals surface area contributed by atoms with E-state index >= 15 is 0 Å². The number of aliphatic carboxylic acids is 1. The molecule has 0 saturated carbocycles. The summed E-state index contributed by atoms with van der Waals surface area (Å²) in [6.07, 6.45) is 0.864. The van der Waals surface area contributed by atoms with E-state index in [0.717, 1.165) is 17.9 Å². The lowest BCUT2D eigenvalue weighted by Crippen LogP contribution is -2.44. The minimum atomic E-state index is -1.09. The fourth-order valence-corrected chi connectivity index (χ4v) is 2.64. The lowest BCUT2D eigenvalue weighted by molar-refractivity contribution is -0.142. The first kappa shape index (κ1) is 12.3. The normalized spacial score (nSPS) is 22.3. The molecule has 0 bridgehead atoms. The largest absolute Gasteiger partial charge is 0.480 e. The number of aliphatic hydroxyl groups excluding tert-OH is 1. The fourth-order valence-electron chi connectivity index (χ4n) is 1.42. The van der Waals surface area contributed by atoms with Gasteiger partial charge in [-0.25, -0.2) is 4.79 Å². The van der Waals surface area contributed by atoms with Gasteiger partial charge in [0.25, 0.3) is 0 Å². The molecule has 1 amide bonds. The molecule has 6 heteroatoms. The van der Waals surface area contributed by atoms with Crippen LogP contribution in [0.3, 0.4) is 0 Å². The lowest BCUT2D eigenvalue weighted by Gasteiger charge is -2.15. The Bertz CT molecular complexity index is 240. The number of rotatable bonds is 5. The van der Waals surface area contributed by atoms with E-state index in [1.165, 1.54) is 0 Å². The number of aliphatic hydroxyl groups is 1. The van der Waals surface area contributed by atoms with Crippen molar-refractivity contribution < 1.29 is 19.8 Å². The highest BCUT2D eigenvalue weighted by Gasteiger charge is 2.27. The van der Waals surface area contributed by atoms with Crippen LogP contribution in [0.2, 0.25) is 0 Å². The first-order chi connectivity index (χ1) is 7.15. The number of thioether (sulfide) groups is 1. The van der Waals surface area contributed by atoms with E-state index < -0.39 is 12.0 Å². The first-order valence-corrected chi connectivity index (χ1v) is 6.02. The molecule has 1 aliphatic rings. The van der Waals surface area contributed by atoms with E-state index in [9.17, 15) is 9.59 Å². The van der Waals surface area contributed by atoms with Crippen LogP contribution in [-0.4, -0.2) is 46.2 Å². The number of nitrogens with one attached hydrogen (secondary N) is 1. The van der Waals surface area contributed by atoms with Crippen molar-refractivity contribution in [2.75, 3.05) is 18.1 Å². The Hall–Kier alpha value is -0.750. The zero-order chi connectivity index (χ0) is 11.3. The molecule has 1 aliphatic heterocycles. The molecule has 0 radical (unpaired) electrons. The van der Waals surface area contributed by atoms with Crippen molar-refractivity contribution in [1.29, 1.82) is 0 Å². The molecule has 1 unspecified atom stereocenters. The summed E-state index contributed by atoms with van der Waals surface area (Å²) in [7, 11) is 0. The van der Waals surface area contributed by atoms with Crippen LogP contribution >= 0.6 is 11.8 Å². The molecule has 3 N–H and O–H groups in total. The molecule has 0 aliphatic carbocycles. The van der Waals surface area contributed by atoms with Gasteiger partial charge in [-0.05, 0) is 12.2 Å². The summed E-state index contributed by atoms with van der Waals surface area (Å²) in [5.41, 5.74) is 0. The Labute approximate surface area is 92.2 Å². The molecule has 5 nitrogen and oxygen atoms in total. The van der Waals surface area contributed by atoms with E-state index in [-0.39, 0.29) is 24.9 Å². The quantitative estimate of drug-likeness (QED) is 0.606. The van der Waals surface area contributed by atoms with Gasteiger partial charge in [0.15, 0.2) is 0 Å². The second-order valence-corrected chi connectivity index (χ2v) is 4.62. The van der Waals surface area contributed by atoms with Gasteiger partial charge in [-0.1, -0.05) is 0 Å². The number of amides is 1. The molecule has 0 aromatic heterocycles. The summed E-state index contributed by atoms with van der Waals surface area (Å²) in [6.45, 7) is -0.239. The number of hydrogen-bond donors (Lipinski definition) is 3. The van der Waals surface area contributed by atoms with Crippen LogP contribution in [0.1, 0.15) is 12.8 Å². The molecule has 1 fully saturated rings. The second-order valence-electron chi connectivity index (χ2n) is 3.47. The Balaban J connectivity index is 2.42. The van der Waals surface area contributed by atoms with Gasteiger partial charge in [0, 0.05) is 24.7 Å². The maximum atomic E-state index is 11.6. The monoisotopic (exact) mass is 233 g/mol. The van der Waals surface area contributed by atoms with Crippen molar-refractivity contribution in [3.63, 3.8) is 0 Å². The van der Waals surface area contributed by atoms with Gasteiger partial charge in [-0.15, -0.1) is 0 Å². The highest BCUT2D eigenvalue weighted by atomic mass is 32.2. The molecule has 1 heterocycles. The third-order valence-electron chi connectivity index (χ3n) is 2.33. The average Bonchev–Trinajstić information content (AvgIpc) is 2.69. The Morgan fingerprint density at radius 1 is 1.53 bits per heavy atom. The Kier molecular flexibility index (Phi) is 4.90. The van der Waals surface area contributed by atoms with Crippen LogP contribution in [0.4, 0.5) is 0 Å². The zero-order valence-electron chi connectivity index (χ0n) is 8.31. The lowest BCUT2D eigenvalue weighted by atomic mass is 10.1. The maximum absolute atomic E-state index is 11.6. The summed E-state index contributed by atoms with van der Waals surface area (Å²) in [5.74, 6) is 0.340. The molecule has 15 heavy (non-hydrogen) atoms. The molecule has 1 saturated heterocycles. The van der Waals surface area contributed by atoms with E-state index in [1.54, 1.807) is 11.8 Å². The number of carbonyl (C=O) groups is 2. The first-order valence-electron chi connectivity index (χ1n) is 4.87. The highest BCUT2D eigenvalue weighted by molar-refractivity contribution is 7.99. The molecule has 86 valence electrons. The predicted octanol–water partition coefficient (Wildman–Crippen LogP) is -0.309.